The number of nitrogens with zero attached hydrogens (tertiary/aromatic N) is 2. The predicted octanol–water partition coefficient (Wildman–Crippen LogP) is 2.99. The number of rotatable bonds is 1. The summed E-state index contributed by atoms with van der Waals surface area (Å²) in [6.45, 7) is 1.93. The van der Waals surface area contributed by atoms with Gasteiger partial charge in [-0.05, 0) is 36.8 Å². The first kappa shape index (κ1) is 11.3. The first-order valence-corrected chi connectivity index (χ1v) is 5.94. The van der Waals surface area contributed by atoms with Gasteiger partial charge in [0.1, 0.15) is 11.9 Å². The van der Waals surface area contributed by atoms with Gasteiger partial charge in [0.15, 0.2) is 0 Å². The molecule has 4 nitrogen and oxygen atoms in total. The number of benzene rings is 1. The second kappa shape index (κ2) is 4.14. The molecule has 0 unspecified atom stereocenters. The van der Waals surface area contributed by atoms with Crippen LogP contribution in [0.5, 0.6) is 0 Å². The molecule has 0 fully saturated rings. The normalized spacial score (nSPS) is 10.5. The number of hydrogen-bond acceptors (Lipinski definition) is 3. The van der Waals surface area contributed by atoms with Gasteiger partial charge < -0.3 is 10.7 Å². The highest BCUT2D eigenvalue weighted by atomic mass is 14.8. The number of anilines is 1. The van der Waals surface area contributed by atoms with E-state index in [9.17, 15) is 0 Å². The molecule has 0 radical (unpaired) electrons. The van der Waals surface area contributed by atoms with Crippen LogP contribution in [0.1, 0.15) is 11.1 Å². The highest BCUT2D eigenvalue weighted by Gasteiger charge is 2.09. The maximum atomic E-state index is 8.94. The van der Waals surface area contributed by atoms with Gasteiger partial charge in [0, 0.05) is 22.7 Å². The Morgan fingerprint density at radius 1 is 1.26 bits per heavy atom. The van der Waals surface area contributed by atoms with Crippen LogP contribution in [0.25, 0.3) is 22.2 Å². The van der Waals surface area contributed by atoms with Crippen LogP contribution < -0.4 is 5.73 Å². The molecule has 2 heterocycles. The van der Waals surface area contributed by atoms with Crippen LogP contribution in [-0.2, 0) is 0 Å². The largest absolute Gasteiger partial charge is 0.383 e. The zero-order chi connectivity index (χ0) is 13.4. The highest BCUT2D eigenvalue weighted by molar-refractivity contribution is 5.85. The zero-order valence-corrected chi connectivity index (χ0v) is 10.4. The first-order chi connectivity index (χ1) is 9.19. The molecule has 92 valence electrons. The van der Waals surface area contributed by atoms with Crippen LogP contribution in [0.3, 0.4) is 0 Å². The summed E-state index contributed by atoms with van der Waals surface area (Å²) in [5.74, 6) is 0.275. The monoisotopic (exact) mass is 248 g/mol. The van der Waals surface area contributed by atoms with Crippen molar-refractivity contribution in [1.29, 1.82) is 5.26 Å². The van der Waals surface area contributed by atoms with Crippen molar-refractivity contribution >= 4 is 16.7 Å². The summed E-state index contributed by atoms with van der Waals surface area (Å²) < 4.78 is 0. The topological polar surface area (TPSA) is 78.5 Å². The van der Waals surface area contributed by atoms with Crippen LogP contribution in [-0.4, -0.2) is 9.97 Å². The van der Waals surface area contributed by atoms with Gasteiger partial charge in [0.2, 0.25) is 0 Å². The smallest absolute Gasteiger partial charge is 0.142 e. The van der Waals surface area contributed by atoms with Crippen LogP contribution >= 0.6 is 0 Å². The zero-order valence-electron chi connectivity index (χ0n) is 10.4. The first-order valence-electron chi connectivity index (χ1n) is 5.94. The van der Waals surface area contributed by atoms with Crippen molar-refractivity contribution in [3.05, 3.63) is 47.7 Å². The number of aromatic nitrogens is 2. The van der Waals surface area contributed by atoms with Gasteiger partial charge in [-0.25, -0.2) is 4.98 Å². The number of nitrogen functional groups attached to an aromatic ring is 1. The summed E-state index contributed by atoms with van der Waals surface area (Å²) in [4.78, 5) is 7.50. The fourth-order valence-corrected chi connectivity index (χ4v) is 2.21. The van der Waals surface area contributed by atoms with Gasteiger partial charge in [-0.15, -0.1) is 0 Å². The van der Waals surface area contributed by atoms with Gasteiger partial charge in [0.05, 0.1) is 11.3 Å². The molecule has 2 aromatic heterocycles. The lowest BCUT2D eigenvalue weighted by atomic mass is 10.0. The minimum atomic E-state index is 0.275. The quantitative estimate of drug-likeness (QED) is 0.694. The Balaban J connectivity index is 2.21. The maximum Gasteiger partial charge on any atom is 0.142 e. The van der Waals surface area contributed by atoms with Crippen LogP contribution in [0.15, 0.2) is 36.5 Å². The molecule has 3 aromatic rings. The molecule has 0 amide bonds. The second-order valence-electron chi connectivity index (χ2n) is 4.48. The Morgan fingerprint density at radius 3 is 2.89 bits per heavy atom. The van der Waals surface area contributed by atoms with E-state index in [1.165, 1.54) is 0 Å². The lowest BCUT2D eigenvalue weighted by Gasteiger charge is -2.07. The molecule has 3 N–H and O–H groups in total. The Morgan fingerprint density at radius 2 is 2.11 bits per heavy atom. The summed E-state index contributed by atoms with van der Waals surface area (Å²) >= 11 is 0. The number of nitriles is 1. The molecule has 3 rings (SSSR count). The molecule has 0 aliphatic rings. The Kier molecular flexibility index (Phi) is 2.46. The van der Waals surface area contributed by atoms with E-state index in [1.54, 1.807) is 6.07 Å². The van der Waals surface area contributed by atoms with E-state index in [0.29, 0.717) is 5.56 Å². The van der Waals surface area contributed by atoms with Crippen molar-refractivity contribution in [1.82, 2.24) is 9.97 Å². The molecule has 0 saturated carbocycles. The summed E-state index contributed by atoms with van der Waals surface area (Å²) in [6, 6.07) is 11.9. The average Bonchev–Trinajstić information content (AvgIpc) is 2.88. The van der Waals surface area contributed by atoms with E-state index in [2.05, 4.69) is 16.0 Å². The molecule has 0 aliphatic carbocycles. The number of nitrogens with one attached hydrogen (secondary N) is 1. The van der Waals surface area contributed by atoms with Crippen molar-refractivity contribution in [3.63, 3.8) is 0 Å². The van der Waals surface area contributed by atoms with Crippen LogP contribution in [0, 0.1) is 18.3 Å². The molecule has 0 aliphatic heterocycles. The minimum absolute atomic E-state index is 0.275. The molecule has 19 heavy (non-hydrogen) atoms. The average molecular weight is 248 g/mol. The number of hydrogen-bond donors (Lipinski definition) is 2. The molecule has 0 bridgehead atoms. The van der Waals surface area contributed by atoms with E-state index in [0.717, 1.165) is 27.7 Å². The van der Waals surface area contributed by atoms with Gasteiger partial charge in [-0.2, -0.15) is 5.26 Å². The van der Waals surface area contributed by atoms with Crippen molar-refractivity contribution in [2.75, 3.05) is 5.73 Å². The van der Waals surface area contributed by atoms with E-state index in [-0.39, 0.29) is 5.82 Å². The number of pyridine rings is 1. The third-order valence-corrected chi connectivity index (χ3v) is 3.19. The fraction of sp³-hybridized carbons (Fsp3) is 0.0667. The van der Waals surface area contributed by atoms with E-state index < -0.39 is 0 Å². The number of aromatic amines is 1. The summed E-state index contributed by atoms with van der Waals surface area (Å²) in [5, 5.41) is 10.1. The fourth-order valence-electron chi connectivity index (χ4n) is 2.21. The van der Waals surface area contributed by atoms with Crippen molar-refractivity contribution in [2.24, 2.45) is 0 Å². The summed E-state index contributed by atoms with van der Waals surface area (Å²) in [5.41, 5.74) is 10.1. The van der Waals surface area contributed by atoms with Gasteiger partial charge >= 0.3 is 0 Å². The lowest BCUT2D eigenvalue weighted by molar-refractivity contribution is 1.26. The lowest BCUT2D eigenvalue weighted by Crippen LogP contribution is -1.99. The van der Waals surface area contributed by atoms with Crippen molar-refractivity contribution in [2.45, 2.75) is 6.92 Å². The Labute approximate surface area is 110 Å². The van der Waals surface area contributed by atoms with Crippen LogP contribution in [0.4, 0.5) is 5.82 Å². The molecule has 1 aromatic carbocycles. The predicted molar refractivity (Wildman–Crippen MR) is 75.4 cm³/mol. The molecule has 4 heteroatoms. The SMILES string of the molecule is Cc1cc(C#N)c(N)nc1-c1ccc2[nH]ccc2c1. The van der Waals surface area contributed by atoms with Crippen LogP contribution in [0.2, 0.25) is 0 Å². The van der Waals surface area contributed by atoms with Gasteiger partial charge in [-0.1, -0.05) is 6.07 Å². The third-order valence-electron chi connectivity index (χ3n) is 3.19. The van der Waals surface area contributed by atoms with Crippen molar-refractivity contribution in [3.8, 4) is 17.3 Å². The minimum Gasteiger partial charge on any atom is -0.383 e. The molecular formula is C15H12N4. The molecule has 0 spiro atoms. The Bertz CT molecular complexity index is 809. The summed E-state index contributed by atoms with van der Waals surface area (Å²) in [7, 11) is 0. The molecule has 0 atom stereocenters. The van der Waals surface area contributed by atoms with E-state index in [1.807, 2.05) is 37.4 Å². The molecule has 0 saturated heterocycles. The highest BCUT2D eigenvalue weighted by Crippen LogP contribution is 2.27. The summed E-state index contributed by atoms with van der Waals surface area (Å²) in [6.07, 6.45) is 1.90. The maximum absolute atomic E-state index is 8.94. The standard InChI is InChI=1S/C15H12N4/c1-9-6-12(8-16)15(17)19-14(9)11-2-3-13-10(7-11)4-5-18-13/h2-7,18H,1H3,(H2,17,19). The number of H-pyrrole nitrogens is 1. The second-order valence-corrected chi connectivity index (χ2v) is 4.48. The van der Waals surface area contributed by atoms with E-state index >= 15 is 0 Å². The van der Waals surface area contributed by atoms with Crippen molar-refractivity contribution < 1.29 is 0 Å². The van der Waals surface area contributed by atoms with E-state index in [4.69, 9.17) is 11.0 Å². The number of fused-ring (bicyclic) bond motifs is 1. The van der Waals surface area contributed by atoms with Gasteiger partial charge in [0.25, 0.3) is 0 Å². The third kappa shape index (κ3) is 1.81. The number of nitrogens with two attached hydrogens (primary N) is 1. The molecular weight excluding hydrogens is 236 g/mol. The van der Waals surface area contributed by atoms with Gasteiger partial charge in [-0.3, -0.25) is 0 Å². The number of aryl methyl sites for hydroxylation is 1. The Hall–Kier alpha value is -2.80.